The van der Waals surface area contributed by atoms with Gasteiger partial charge in [0.15, 0.2) is 5.82 Å². The molecule has 2 rings (SSSR count). The summed E-state index contributed by atoms with van der Waals surface area (Å²) >= 11 is 0. The van der Waals surface area contributed by atoms with Gasteiger partial charge in [-0.25, -0.2) is 0 Å². The minimum absolute atomic E-state index is 0.0115. The first-order valence-corrected chi connectivity index (χ1v) is 6.17. The van der Waals surface area contributed by atoms with Crippen LogP contribution < -0.4 is 10.1 Å². The van der Waals surface area contributed by atoms with E-state index in [-0.39, 0.29) is 5.54 Å². The SMILES string of the molecule is COc1ccccc1-n1nnnc1CNC(C)(C)C. The summed E-state index contributed by atoms with van der Waals surface area (Å²) in [5.41, 5.74) is 0.845. The van der Waals surface area contributed by atoms with E-state index in [0.717, 1.165) is 17.3 Å². The van der Waals surface area contributed by atoms with Gasteiger partial charge in [-0.2, -0.15) is 4.68 Å². The van der Waals surface area contributed by atoms with Gasteiger partial charge in [0.25, 0.3) is 0 Å². The number of tetrazole rings is 1. The van der Waals surface area contributed by atoms with Crippen molar-refractivity contribution >= 4 is 0 Å². The molecule has 0 radical (unpaired) electrons. The molecule has 0 amide bonds. The molecule has 6 nitrogen and oxygen atoms in total. The maximum Gasteiger partial charge on any atom is 0.170 e. The summed E-state index contributed by atoms with van der Waals surface area (Å²) in [6, 6.07) is 7.66. The van der Waals surface area contributed by atoms with Gasteiger partial charge >= 0.3 is 0 Å². The molecule has 0 aliphatic rings. The summed E-state index contributed by atoms with van der Waals surface area (Å²) in [4.78, 5) is 0. The van der Waals surface area contributed by atoms with E-state index < -0.39 is 0 Å². The lowest BCUT2D eigenvalue weighted by Gasteiger charge is -2.20. The topological polar surface area (TPSA) is 64.9 Å². The van der Waals surface area contributed by atoms with Crippen molar-refractivity contribution in [2.24, 2.45) is 0 Å². The molecule has 0 saturated heterocycles. The summed E-state index contributed by atoms with van der Waals surface area (Å²) < 4.78 is 7.02. The van der Waals surface area contributed by atoms with Gasteiger partial charge in [0, 0.05) is 5.54 Å². The van der Waals surface area contributed by atoms with Crippen molar-refractivity contribution in [3.8, 4) is 11.4 Å². The van der Waals surface area contributed by atoms with Gasteiger partial charge in [0.05, 0.1) is 13.7 Å². The van der Waals surface area contributed by atoms with Crippen LogP contribution in [-0.2, 0) is 6.54 Å². The molecule has 1 aromatic heterocycles. The van der Waals surface area contributed by atoms with Gasteiger partial charge in [0.2, 0.25) is 0 Å². The zero-order valence-electron chi connectivity index (χ0n) is 11.7. The van der Waals surface area contributed by atoms with Crippen LogP contribution in [0.1, 0.15) is 26.6 Å². The van der Waals surface area contributed by atoms with E-state index >= 15 is 0 Å². The maximum atomic E-state index is 5.33. The number of nitrogens with one attached hydrogen (secondary N) is 1. The summed E-state index contributed by atoms with van der Waals surface area (Å²) in [5.74, 6) is 1.49. The third-order valence-electron chi connectivity index (χ3n) is 2.62. The molecule has 2 aromatic rings. The van der Waals surface area contributed by atoms with Crippen molar-refractivity contribution in [2.45, 2.75) is 32.9 Å². The molecule has 0 aliphatic heterocycles. The highest BCUT2D eigenvalue weighted by molar-refractivity contribution is 5.46. The highest BCUT2D eigenvalue weighted by atomic mass is 16.5. The Bertz CT molecular complexity index is 544. The Morgan fingerprint density at radius 2 is 2.00 bits per heavy atom. The molecule has 102 valence electrons. The predicted molar refractivity (Wildman–Crippen MR) is 72.3 cm³/mol. The van der Waals surface area contributed by atoms with Crippen LogP contribution in [0.5, 0.6) is 5.75 Å². The molecule has 0 aliphatic carbocycles. The molecule has 0 unspecified atom stereocenters. The lowest BCUT2D eigenvalue weighted by molar-refractivity contribution is 0.405. The fourth-order valence-corrected chi connectivity index (χ4v) is 1.65. The van der Waals surface area contributed by atoms with Gasteiger partial charge in [-0.3, -0.25) is 0 Å². The maximum absolute atomic E-state index is 5.33. The van der Waals surface area contributed by atoms with Crippen molar-refractivity contribution in [3.63, 3.8) is 0 Å². The number of ether oxygens (including phenoxy) is 1. The van der Waals surface area contributed by atoms with Gasteiger partial charge in [-0.15, -0.1) is 5.10 Å². The fourth-order valence-electron chi connectivity index (χ4n) is 1.65. The van der Waals surface area contributed by atoms with Crippen molar-refractivity contribution in [1.29, 1.82) is 0 Å². The predicted octanol–water partition coefficient (Wildman–Crippen LogP) is 1.56. The molecular formula is C13H19N5O. The lowest BCUT2D eigenvalue weighted by atomic mass is 10.1. The lowest BCUT2D eigenvalue weighted by Crippen LogP contribution is -2.35. The number of nitrogens with zero attached hydrogens (tertiary/aromatic N) is 4. The molecule has 0 atom stereocenters. The first-order valence-electron chi connectivity index (χ1n) is 6.17. The van der Waals surface area contributed by atoms with Crippen LogP contribution >= 0.6 is 0 Å². The van der Waals surface area contributed by atoms with Crippen LogP contribution in [0.4, 0.5) is 0 Å². The van der Waals surface area contributed by atoms with E-state index in [4.69, 9.17) is 4.74 Å². The Balaban J connectivity index is 2.29. The smallest absolute Gasteiger partial charge is 0.170 e. The van der Waals surface area contributed by atoms with Crippen LogP contribution in [0.2, 0.25) is 0 Å². The summed E-state index contributed by atoms with van der Waals surface area (Å²) in [7, 11) is 1.64. The Labute approximate surface area is 112 Å². The standard InChI is InChI=1S/C13H19N5O/c1-13(2,3)14-9-12-15-16-17-18(12)10-7-5-6-8-11(10)19-4/h5-8,14H,9H2,1-4H3. The van der Waals surface area contributed by atoms with Crippen molar-refractivity contribution < 1.29 is 4.74 Å². The van der Waals surface area contributed by atoms with E-state index in [1.807, 2.05) is 24.3 Å². The molecule has 0 saturated carbocycles. The van der Waals surface area contributed by atoms with Crippen LogP contribution in [0.3, 0.4) is 0 Å². The summed E-state index contributed by atoms with van der Waals surface area (Å²) in [6.07, 6.45) is 0. The number of hydrogen-bond donors (Lipinski definition) is 1. The van der Waals surface area contributed by atoms with E-state index in [9.17, 15) is 0 Å². The van der Waals surface area contributed by atoms with Crippen LogP contribution in [-0.4, -0.2) is 32.9 Å². The zero-order chi connectivity index (χ0) is 13.9. The van der Waals surface area contributed by atoms with E-state index in [2.05, 4.69) is 41.6 Å². The Kier molecular flexibility index (Phi) is 3.80. The molecule has 6 heteroatoms. The number of benzene rings is 1. The second-order valence-corrected chi connectivity index (χ2v) is 5.28. The summed E-state index contributed by atoms with van der Waals surface area (Å²) in [5, 5.41) is 15.2. The second kappa shape index (κ2) is 5.36. The van der Waals surface area contributed by atoms with Crippen molar-refractivity contribution in [1.82, 2.24) is 25.5 Å². The largest absolute Gasteiger partial charge is 0.494 e. The Hall–Kier alpha value is -1.95. The number of para-hydroxylation sites is 2. The zero-order valence-corrected chi connectivity index (χ0v) is 11.7. The monoisotopic (exact) mass is 261 g/mol. The third kappa shape index (κ3) is 3.29. The van der Waals surface area contributed by atoms with Gasteiger partial charge < -0.3 is 10.1 Å². The first-order chi connectivity index (χ1) is 9.01. The Morgan fingerprint density at radius 3 is 2.68 bits per heavy atom. The highest BCUT2D eigenvalue weighted by Gasteiger charge is 2.15. The van der Waals surface area contributed by atoms with Crippen LogP contribution in [0, 0.1) is 0 Å². The number of hydrogen-bond acceptors (Lipinski definition) is 5. The van der Waals surface area contributed by atoms with E-state index in [0.29, 0.717) is 6.54 Å². The minimum atomic E-state index is 0.0115. The van der Waals surface area contributed by atoms with Gasteiger partial charge in [-0.05, 0) is 43.3 Å². The number of rotatable bonds is 4. The first kappa shape index (κ1) is 13.5. The molecule has 1 aromatic carbocycles. The third-order valence-corrected chi connectivity index (χ3v) is 2.62. The second-order valence-electron chi connectivity index (χ2n) is 5.28. The molecule has 0 bridgehead atoms. The highest BCUT2D eigenvalue weighted by Crippen LogP contribution is 2.21. The molecule has 0 spiro atoms. The van der Waals surface area contributed by atoms with E-state index in [1.54, 1.807) is 11.8 Å². The number of methoxy groups -OCH3 is 1. The average Bonchev–Trinajstić information content (AvgIpc) is 2.83. The van der Waals surface area contributed by atoms with Gasteiger partial charge in [-0.1, -0.05) is 12.1 Å². The van der Waals surface area contributed by atoms with Crippen molar-refractivity contribution in [3.05, 3.63) is 30.1 Å². The normalized spacial score (nSPS) is 11.6. The van der Waals surface area contributed by atoms with E-state index in [1.165, 1.54) is 0 Å². The fraction of sp³-hybridized carbons (Fsp3) is 0.462. The molecule has 1 heterocycles. The van der Waals surface area contributed by atoms with Crippen molar-refractivity contribution in [2.75, 3.05) is 7.11 Å². The summed E-state index contributed by atoms with van der Waals surface area (Å²) in [6.45, 7) is 6.90. The van der Waals surface area contributed by atoms with Crippen LogP contribution in [0.25, 0.3) is 5.69 Å². The van der Waals surface area contributed by atoms with Crippen LogP contribution in [0.15, 0.2) is 24.3 Å². The molecule has 1 N–H and O–H groups in total. The number of aromatic nitrogens is 4. The average molecular weight is 261 g/mol. The molecule has 0 fully saturated rings. The Morgan fingerprint density at radius 1 is 1.26 bits per heavy atom. The van der Waals surface area contributed by atoms with Gasteiger partial charge in [0.1, 0.15) is 11.4 Å². The molecule has 19 heavy (non-hydrogen) atoms. The molecular weight excluding hydrogens is 242 g/mol. The quantitative estimate of drug-likeness (QED) is 0.904. The minimum Gasteiger partial charge on any atom is -0.494 e.